The van der Waals surface area contributed by atoms with E-state index in [1.54, 1.807) is 6.07 Å². The fourth-order valence-electron chi connectivity index (χ4n) is 2.34. The molecule has 2 N–H and O–H groups in total. The maximum Gasteiger partial charge on any atom is 0.402 e. The molecule has 3 aromatic rings. The van der Waals surface area contributed by atoms with Gasteiger partial charge in [-0.3, -0.25) is 0 Å². The quantitative estimate of drug-likeness (QED) is 0.653. The number of alkyl halides is 3. The van der Waals surface area contributed by atoms with Crippen LogP contribution in [0.3, 0.4) is 0 Å². The molecule has 0 fully saturated rings. The van der Waals surface area contributed by atoms with E-state index < -0.39 is 18.1 Å². The number of carboxylic acids is 1. The molecule has 9 heteroatoms. The van der Waals surface area contributed by atoms with Crippen molar-refractivity contribution < 1.29 is 23.1 Å². The Hall–Kier alpha value is -2.26. The minimum atomic E-state index is -4.58. The third kappa shape index (κ3) is 3.04. The molecule has 1 unspecified atom stereocenters. The van der Waals surface area contributed by atoms with Crippen molar-refractivity contribution in [2.45, 2.75) is 12.1 Å². The van der Waals surface area contributed by atoms with Crippen molar-refractivity contribution in [1.82, 2.24) is 9.97 Å². The van der Waals surface area contributed by atoms with Gasteiger partial charge in [-0.2, -0.15) is 13.2 Å². The van der Waals surface area contributed by atoms with Gasteiger partial charge in [-0.15, -0.1) is 11.3 Å². The van der Waals surface area contributed by atoms with Gasteiger partial charge >= 0.3 is 12.1 Å². The normalized spacial score (nSPS) is 13.1. The third-order valence-corrected chi connectivity index (χ3v) is 4.70. The van der Waals surface area contributed by atoms with E-state index in [4.69, 9.17) is 17.3 Å². The number of hydrogen-bond donors (Lipinski definition) is 2. The molecule has 0 aliphatic heterocycles. The summed E-state index contributed by atoms with van der Waals surface area (Å²) in [5.41, 5.74) is 0.0255. The number of aromatic amines is 1. The van der Waals surface area contributed by atoms with Gasteiger partial charge in [-0.1, -0.05) is 42.5 Å². The Labute approximate surface area is 142 Å². The standard InChI is InChI=1S/C15H9F3N2O2S2/c16-15(17,18)10(7-4-2-1-3-5-7)11-19-12(23)8-6-9(14(21)22)24-13(8)20-11/h1-6,10H,(H,21,22)(H,19,20,23). The highest BCUT2D eigenvalue weighted by atomic mass is 32.1. The summed E-state index contributed by atoms with van der Waals surface area (Å²) in [6, 6.07) is 8.66. The second kappa shape index (κ2) is 5.99. The number of H-pyrrole nitrogens is 1. The monoisotopic (exact) mass is 370 g/mol. The summed E-state index contributed by atoms with van der Waals surface area (Å²) >= 11 is 5.88. The van der Waals surface area contributed by atoms with Crippen LogP contribution in [0, 0.1) is 4.64 Å². The number of benzene rings is 1. The number of hydrogen-bond acceptors (Lipinski definition) is 4. The molecule has 4 nitrogen and oxygen atoms in total. The summed E-state index contributed by atoms with van der Waals surface area (Å²) in [7, 11) is 0. The van der Waals surface area contributed by atoms with Gasteiger partial charge in [0.2, 0.25) is 0 Å². The molecule has 3 rings (SSSR count). The molecule has 0 amide bonds. The van der Waals surface area contributed by atoms with Crippen LogP contribution in [0.5, 0.6) is 0 Å². The van der Waals surface area contributed by atoms with Gasteiger partial charge in [0.15, 0.2) is 0 Å². The van der Waals surface area contributed by atoms with Crippen LogP contribution in [0.15, 0.2) is 36.4 Å². The number of halogens is 3. The van der Waals surface area contributed by atoms with Gasteiger partial charge in [-0.05, 0) is 11.6 Å². The van der Waals surface area contributed by atoms with E-state index in [0.29, 0.717) is 5.39 Å². The first-order chi connectivity index (χ1) is 11.3. The molecule has 2 heterocycles. The lowest BCUT2D eigenvalue weighted by Crippen LogP contribution is -2.24. The molecule has 0 aliphatic rings. The highest BCUT2D eigenvalue weighted by molar-refractivity contribution is 7.71. The van der Waals surface area contributed by atoms with Gasteiger partial charge in [-0.25, -0.2) is 9.78 Å². The average Bonchev–Trinajstić information content (AvgIpc) is 2.92. The van der Waals surface area contributed by atoms with Crippen molar-refractivity contribution in [3.63, 3.8) is 0 Å². The number of rotatable bonds is 3. The summed E-state index contributed by atoms with van der Waals surface area (Å²) in [6.07, 6.45) is -4.58. The molecule has 0 radical (unpaired) electrons. The van der Waals surface area contributed by atoms with E-state index in [2.05, 4.69) is 9.97 Å². The second-order valence-corrected chi connectivity index (χ2v) is 6.41. The first-order valence-corrected chi connectivity index (χ1v) is 7.88. The predicted octanol–water partition coefficient (Wildman–Crippen LogP) is 4.75. The minimum Gasteiger partial charge on any atom is -0.477 e. The zero-order valence-electron chi connectivity index (χ0n) is 11.8. The maximum absolute atomic E-state index is 13.6. The van der Waals surface area contributed by atoms with Crippen LogP contribution in [0.2, 0.25) is 0 Å². The smallest absolute Gasteiger partial charge is 0.402 e. The van der Waals surface area contributed by atoms with Crippen molar-refractivity contribution in [3.8, 4) is 0 Å². The van der Waals surface area contributed by atoms with E-state index in [-0.39, 0.29) is 25.7 Å². The first kappa shape index (κ1) is 16.6. The second-order valence-electron chi connectivity index (χ2n) is 4.97. The number of fused-ring (bicyclic) bond motifs is 1. The summed E-state index contributed by atoms with van der Waals surface area (Å²) in [5.74, 6) is -3.51. The molecule has 124 valence electrons. The van der Waals surface area contributed by atoms with Crippen LogP contribution in [0.25, 0.3) is 10.2 Å². The molecule has 0 saturated carbocycles. The largest absolute Gasteiger partial charge is 0.477 e. The Bertz CT molecular complexity index is 964. The van der Waals surface area contributed by atoms with Crippen molar-refractivity contribution in [2.24, 2.45) is 0 Å². The average molecular weight is 370 g/mol. The molecule has 0 saturated heterocycles. The molecular formula is C15H9F3N2O2S2. The summed E-state index contributed by atoms with van der Waals surface area (Å²) < 4.78 is 40.7. The van der Waals surface area contributed by atoms with Crippen molar-refractivity contribution >= 4 is 39.7 Å². The van der Waals surface area contributed by atoms with E-state index in [0.717, 1.165) is 11.3 Å². The number of aromatic nitrogens is 2. The van der Waals surface area contributed by atoms with Crippen LogP contribution in [0.1, 0.15) is 27.0 Å². The molecule has 24 heavy (non-hydrogen) atoms. The Kier molecular flexibility index (Phi) is 4.14. The van der Waals surface area contributed by atoms with Gasteiger partial charge in [0.1, 0.15) is 26.1 Å². The summed E-state index contributed by atoms with van der Waals surface area (Å²) in [4.78, 5) is 17.7. The highest BCUT2D eigenvalue weighted by Crippen LogP contribution is 2.39. The molecule has 0 bridgehead atoms. The third-order valence-electron chi connectivity index (χ3n) is 3.37. The fraction of sp³-hybridized carbons (Fsp3) is 0.133. The van der Waals surface area contributed by atoms with E-state index in [1.807, 2.05) is 0 Å². The summed E-state index contributed by atoms with van der Waals surface area (Å²) in [5, 5.41) is 9.35. The fourth-order valence-corrected chi connectivity index (χ4v) is 3.55. The lowest BCUT2D eigenvalue weighted by molar-refractivity contribution is -0.142. The van der Waals surface area contributed by atoms with E-state index >= 15 is 0 Å². The number of carbonyl (C=O) groups is 1. The number of aromatic carboxylic acids is 1. The zero-order valence-corrected chi connectivity index (χ0v) is 13.4. The lowest BCUT2D eigenvalue weighted by Gasteiger charge is -2.20. The lowest BCUT2D eigenvalue weighted by atomic mass is 9.97. The van der Waals surface area contributed by atoms with Gasteiger partial charge in [0, 0.05) is 5.39 Å². The minimum absolute atomic E-state index is 0.0255. The van der Waals surface area contributed by atoms with Crippen LogP contribution in [-0.4, -0.2) is 27.2 Å². The van der Waals surface area contributed by atoms with Gasteiger partial charge < -0.3 is 10.1 Å². The number of carboxylic acid groups (broad SMARTS) is 1. The number of nitrogens with zero attached hydrogens (tertiary/aromatic N) is 1. The van der Waals surface area contributed by atoms with Crippen molar-refractivity contribution in [1.29, 1.82) is 0 Å². The van der Waals surface area contributed by atoms with E-state index in [9.17, 15) is 18.0 Å². The molecule has 1 aromatic carbocycles. The predicted molar refractivity (Wildman–Crippen MR) is 86.1 cm³/mol. The molecule has 1 atom stereocenters. The topological polar surface area (TPSA) is 66.0 Å². The zero-order chi connectivity index (χ0) is 17.5. The van der Waals surface area contributed by atoms with Crippen LogP contribution < -0.4 is 0 Å². The van der Waals surface area contributed by atoms with Crippen LogP contribution in [0.4, 0.5) is 13.2 Å². The SMILES string of the molecule is O=C(O)c1cc2c(=S)[nH]c(C(c3ccccc3)C(F)(F)F)nc2s1. The molecule has 0 aliphatic carbocycles. The van der Waals surface area contributed by atoms with Gasteiger partial charge in [0.25, 0.3) is 0 Å². The number of nitrogens with one attached hydrogen (secondary N) is 1. The molecule has 0 spiro atoms. The van der Waals surface area contributed by atoms with Crippen molar-refractivity contribution in [2.75, 3.05) is 0 Å². The first-order valence-electron chi connectivity index (χ1n) is 6.66. The van der Waals surface area contributed by atoms with Crippen LogP contribution in [-0.2, 0) is 0 Å². The van der Waals surface area contributed by atoms with Crippen molar-refractivity contribution in [3.05, 3.63) is 57.3 Å². The number of thiophene rings is 1. The van der Waals surface area contributed by atoms with Crippen LogP contribution >= 0.6 is 23.6 Å². The Morgan fingerprint density at radius 2 is 1.96 bits per heavy atom. The van der Waals surface area contributed by atoms with E-state index in [1.165, 1.54) is 30.3 Å². The summed E-state index contributed by atoms with van der Waals surface area (Å²) in [6.45, 7) is 0. The Balaban J connectivity index is 2.22. The molecule has 2 aromatic heterocycles. The van der Waals surface area contributed by atoms with Gasteiger partial charge in [0.05, 0.1) is 0 Å². The molecular weight excluding hydrogens is 361 g/mol. The Morgan fingerprint density at radius 1 is 1.29 bits per heavy atom. The highest BCUT2D eigenvalue weighted by Gasteiger charge is 2.43. The maximum atomic E-state index is 13.6. The Morgan fingerprint density at radius 3 is 2.54 bits per heavy atom.